The highest BCUT2D eigenvalue weighted by Crippen LogP contribution is 2.23. The van der Waals surface area contributed by atoms with Gasteiger partial charge in [-0.1, -0.05) is 32.9 Å². The van der Waals surface area contributed by atoms with Crippen molar-refractivity contribution in [2.75, 3.05) is 11.1 Å². The molecule has 0 atom stereocenters. The largest absolute Gasteiger partial charge is 0.481 e. The van der Waals surface area contributed by atoms with Crippen LogP contribution in [-0.4, -0.2) is 22.7 Å². The number of amides is 1. The van der Waals surface area contributed by atoms with E-state index in [9.17, 15) is 9.59 Å². The van der Waals surface area contributed by atoms with E-state index in [-0.39, 0.29) is 17.7 Å². The van der Waals surface area contributed by atoms with Crippen LogP contribution in [0.15, 0.2) is 24.3 Å². The summed E-state index contributed by atoms with van der Waals surface area (Å²) < 4.78 is 0. The number of hydrogen-bond donors (Lipinski definition) is 2. The number of aliphatic carboxylic acids is 1. The summed E-state index contributed by atoms with van der Waals surface area (Å²) in [7, 11) is 0. The van der Waals surface area contributed by atoms with Gasteiger partial charge in [0.2, 0.25) is 5.91 Å². The average Bonchev–Trinajstić information content (AvgIpc) is 2.43. The van der Waals surface area contributed by atoms with Gasteiger partial charge in [0.05, 0.1) is 6.42 Å². The smallest absolute Gasteiger partial charge is 0.304 e. The highest BCUT2D eigenvalue weighted by molar-refractivity contribution is 7.98. The molecule has 0 radical (unpaired) electrons. The van der Waals surface area contributed by atoms with Gasteiger partial charge in [-0.2, -0.15) is 11.8 Å². The van der Waals surface area contributed by atoms with Crippen molar-refractivity contribution >= 4 is 29.3 Å². The molecule has 0 aliphatic rings. The highest BCUT2D eigenvalue weighted by Gasteiger charge is 2.25. The van der Waals surface area contributed by atoms with Gasteiger partial charge in [0.1, 0.15) is 0 Å². The monoisotopic (exact) mass is 309 g/mol. The van der Waals surface area contributed by atoms with Crippen molar-refractivity contribution in [3.63, 3.8) is 0 Å². The first-order valence-corrected chi connectivity index (χ1v) is 8.20. The number of rotatable bonds is 8. The third kappa shape index (κ3) is 6.21. The second-order valence-corrected chi connectivity index (χ2v) is 6.69. The molecular formula is C16H23NO3S. The number of nitrogens with one attached hydrogen (secondary N) is 1. The summed E-state index contributed by atoms with van der Waals surface area (Å²) >= 11 is 1.58. The van der Waals surface area contributed by atoms with Crippen molar-refractivity contribution in [3.8, 4) is 0 Å². The summed E-state index contributed by atoms with van der Waals surface area (Å²) in [6.45, 7) is 5.84. The minimum Gasteiger partial charge on any atom is -0.481 e. The Bertz CT molecular complexity index is 500. The summed E-state index contributed by atoms with van der Waals surface area (Å²) in [4.78, 5) is 22.6. The van der Waals surface area contributed by atoms with Crippen molar-refractivity contribution < 1.29 is 14.7 Å². The first-order chi connectivity index (χ1) is 9.85. The Kier molecular flexibility index (Phi) is 6.75. The van der Waals surface area contributed by atoms with Crippen LogP contribution >= 0.6 is 11.8 Å². The number of carboxylic acids is 1. The number of carbonyl (C=O) groups excluding carboxylic acids is 1. The van der Waals surface area contributed by atoms with Crippen LogP contribution in [0, 0.1) is 5.41 Å². The Morgan fingerprint density at radius 2 is 2.05 bits per heavy atom. The predicted molar refractivity (Wildman–Crippen MR) is 87.6 cm³/mol. The topological polar surface area (TPSA) is 66.4 Å². The number of thioether (sulfide) groups is 1. The number of carbonyl (C=O) groups is 2. The van der Waals surface area contributed by atoms with Crippen LogP contribution in [0.5, 0.6) is 0 Å². The fourth-order valence-corrected chi connectivity index (χ4v) is 2.43. The lowest BCUT2D eigenvalue weighted by Crippen LogP contribution is -2.29. The molecule has 1 amide bonds. The van der Waals surface area contributed by atoms with E-state index in [1.54, 1.807) is 11.8 Å². The number of hydrogen-bond acceptors (Lipinski definition) is 3. The van der Waals surface area contributed by atoms with E-state index < -0.39 is 5.97 Å². The number of anilines is 1. The molecular weight excluding hydrogens is 286 g/mol. The molecule has 0 saturated carbocycles. The Labute approximate surface area is 130 Å². The number of carboxylic acid groups (broad SMARTS) is 1. The summed E-state index contributed by atoms with van der Waals surface area (Å²) in [6, 6.07) is 7.70. The van der Waals surface area contributed by atoms with E-state index in [0.29, 0.717) is 5.75 Å². The molecule has 2 N–H and O–H groups in total. The van der Waals surface area contributed by atoms with E-state index in [2.05, 4.69) is 5.32 Å². The molecule has 4 nitrogen and oxygen atoms in total. The van der Waals surface area contributed by atoms with E-state index in [0.717, 1.165) is 23.4 Å². The molecule has 5 heteroatoms. The maximum atomic E-state index is 12.1. The van der Waals surface area contributed by atoms with Gasteiger partial charge in [0, 0.05) is 22.6 Å². The van der Waals surface area contributed by atoms with Crippen LogP contribution < -0.4 is 5.32 Å². The summed E-state index contributed by atoms with van der Waals surface area (Å²) in [5, 5.41) is 11.5. The van der Waals surface area contributed by atoms with Gasteiger partial charge in [-0.05, 0) is 24.1 Å². The van der Waals surface area contributed by atoms with E-state index >= 15 is 0 Å². The van der Waals surface area contributed by atoms with Crippen molar-refractivity contribution in [1.82, 2.24) is 0 Å². The Morgan fingerprint density at radius 1 is 1.33 bits per heavy atom. The van der Waals surface area contributed by atoms with Gasteiger partial charge in [0.15, 0.2) is 0 Å². The highest BCUT2D eigenvalue weighted by atomic mass is 32.2. The zero-order chi connectivity index (χ0) is 15.9. The molecule has 0 spiro atoms. The minimum atomic E-state index is -0.773. The van der Waals surface area contributed by atoms with Crippen LogP contribution in [0.4, 0.5) is 5.69 Å². The zero-order valence-electron chi connectivity index (χ0n) is 12.8. The summed E-state index contributed by atoms with van der Waals surface area (Å²) in [6.07, 6.45) is 0.954. The predicted octanol–water partition coefficient (Wildman–Crippen LogP) is 3.77. The minimum absolute atomic E-state index is 0.0145. The summed E-state index contributed by atoms with van der Waals surface area (Å²) in [5.74, 6) is 0.578. The molecule has 0 bridgehead atoms. The van der Waals surface area contributed by atoms with E-state index in [4.69, 9.17) is 5.11 Å². The lowest BCUT2D eigenvalue weighted by Gasteiger charge is -2.21. The Morgan fingerprint density at radius 3 is 2.67 bits per heavy atom. The molecule has 0 aromatic heterocycles. The molecule has 0 heterocycles. The molecule has 0 unspecified atom stereocenters. The van der Waals surface area contributed by atoms with Gasteiger partial charge >= 0.3 is 5.97 Å². The van der Waals surface area contributed by atoms with Crippen molar-refractivity contribution in [1.29, 1.82) is 0 Å². The maximum Gasteiger partial charge on any atom is 0.304 e. The van der Waals surface area contributed by atoms with Gasteiger partial charge < -0.3 is 10.4 Å². The third-order valence-corrected chi connectivity index (χ3v) is 4.44. The van der Waals surface area contributed by atoms with Crippen LogP contribution in [0.3, 0.4) is 0 Å². The van der Waals surface area contributed by atoms with Gasteiger partial charge in [-0.25, -0.2) is 0 Å². The summed E-state index contributed by atoms with van der Waals surface area (Å²) in [5.41, 5.74) is 1.49. The fourth-order valence-electron chi connectivity index (χ4n) is 1.55. The fraction of sp³-hybridized carbons (Fsp3) is 0.500. The molecule has 21 heavy (non-hydrogen) atoms. The molecule has 1 aromatic rings. The SMILES string of the molecule is CCC(C)(C)C(=O)Nc1cccc(CSCCC(=O)O)c1. The Hall–Kier alpha value is -1.49. The molecule has 0 aliphatic carbocycles. The van der Waals surface area contributed by atoms with Crippen LogP contribution in [-0.2, 0) is 15.3 Å². The van der Waals surface area contributed by atoms with Gasteiger partial charge in [0.25, 0.3) is 0 Å². The van der Waals surface area contributed by atoms with E-state index in [1.807, 2.05) is 45.0 Å². The average molecular weight is 309 g/mol. The molecule has 116 valence electrons. The standard InChI is InChI=1S/C16H23NO3S/c1-4-16(2,3)15(20)17-13-7-5-6-12(10-13)11-21-9-8-14(18)19/h5-7,10H,4,8-9,11H2,1-3H3,(H,17,20)(H,18,19). The third-order valence-electron chi connectivity index (χ3n) is 3.41. The van der Waals surface area contributed by atoms with Crippen molar-refractivity contribution in [3.05, 3.63) is 29.8 Å². The first-order valence-electron chi connectivity index (χ1n) is 7.05. The molecule has 0 fully saturated rings. The molecule has 1 aromatic carbocycles. The lowest BCUT2D eigenvalue weighted by molar-refractivity contribution is -0.136. The van der Waals surface area contributed by atoms with Gasteiger partial charge in [-0.15, -0.1) is 0 Å². The maximum absolute atomic E-state index is 12.1. The van der Waals surface area contributed by atoms with Crippen molar-refractivity contribution in [2.45, 2.75) is 39.4 Å². The second kappa shape index (κ2) is 8.08. The van der Waals surface area contributed by atoms with E-state index in [1.165, 1.54) is 0 Å². The van der Waals surface area contributed by atoms with Crippen LogP contribution in [0.1, 0.15) is 39.2 Å². The first kappa shape index (κ1) is 17.6. The molecule has 0 aliphatic heterocycles. The second-order valence-electron chi connectivity index (χ2n) is 5.59. The Balaban J connectivity index is 2.56. The molecule has 0 saturated heterocycles. The lowest BCUT2D eigenvalue weighted by atomic mass is 9.89. The van der Waals surface area contributed by atoms with Crippen molar-refractivity contribution in [2.24, 2.45) is 5.41 Å². The number of benzene rings is 1. The van der Waals surface area contributed by atoms with Crippen LogP contribution in [0.2, 0.25) is 0 Å². The van der Waals surface area contributed by atoms with Crippen LogP contribution in [0.25, 0.3) is 0 Å². The molecule has 1 rings (SSSR count). The van der Waals surface area contributed by atoms with Gasteiger partial charge in [-0.3, -0.25) is 9.59 Å². The normalized spacial score (nSPS) is 11.2. The quantitative estimate of drug-likeness (QED) is 0.717. The zero-order valence-corrected chi connectivity index (χ0v) is 13.6.